The van der Waals surface area contributed by atoms with Crippen molar-refractivity contribution < 1.29 is 23.1 Å². The highest BCUT2D eigenvalue weighted by atomic mass is 19.4. The van der Waals surface area contributed by atoms with Crippen molar-refractivity contribution in [2.24, 2.45) is 11.7 Å². The lowest BCUT2D eigenvalue weighted by Crippen LogP contribution is -2.48. The molecule has 1 aliphatic rings. The van der Waals surface area contributed by atoms with E-state index in [1.165, 1.54) is 0 Å². The molecule has 0 amide bonds. The number of hydrogen-bond acceptors (Lipinski definition) is 5. The van der Waals surface area contributed by atoms with Crippen LogP contribution in [-0.4, -0.2) is 45.9 Å². The number of alkyl halides is 3. The fourth-order valence-electron chi connectivity index (χ4n) is 3.61. The van der Waals surface area contributed by atoms with Crippen LogP contribution in [0.15, 0.2) is 48.5 Å². The zero-order valence-electron chi connectivity index (χ0n) is 18.0. The molecule has 174 valence electrons. The summed E-state index contributed by atoms with van der Waals surface area (Å²) in [6.07, 6.45) is -4.00. The molecule has 0 unspecified atom stereocenters. The molecule has 33 heavy (non-hydrogen) atoms. The van der Waals surface area contributed by atoms with Gasteiger partial charge in [0, 0.05) is 19.1 Å². The number of anilines is 1. The van der Waals surface area contributed by atoms with Crippen molar-refractivity contribution in [1.82, 2.24) is 9.55 Å². The van der Waals surface area contributed by atoms with Gasteiger partial charge in [0.2, 0.25) is 5.95 Å². The van der Waals surface area contributed by atoms with Crippen molar-refractivity contribution >= 4 is 23.0 Å². The van der Waals surface area contributed by atoms with Crippen molar-refractivity contribution in [3.8, 4) is 6.07 Å². The summed E-state index contributed by atoms with van der Waals surface area (Å²) in [4.78, 5) is 16.1. The van der Waals surface area contributed by atoms with Crippen LogP contribution in [0.4, 0.5) is 19.1 Å². The molecule has 7 nitrogen and oxygen atoms in total. The van der Waals surface area contributed by atoms with E-state index in [0.29, 0.717) is 11.5 Å². The van der Waals surface area contributed by atoms with Crippen LogP contribution in [0.3, 0.4) is 0 Å². The monoisotopic (exact) mass is 459 g/mol. The lowest BCUT2D eigenvalue weighted by molar-refractivity contribution is -0.192. The van der Waals surface area contributed by atoms with E-state index in [0.717, 1.165) is 48.6 Å². The SMILES string of the molecule is C[C@H]1CCN(c2nc3ccccc3n2Cc2ccc(C#N)cc2)C[C@@H]1N.O=C(O)C(F)(F)F. The number of aromatic nitrogens is 2. The van der Waals surface area contributed by atoms with Gasteiger partial charge in [0.25, 0.3) is 0 Å². The van der Waals surface area contributed by atoms with Gasteiger partial charge >= 0.3 is 12.1 Å². The maximum Gasteiger partial charge on any atom is 0.490 e. The van der Waals surface area contributed by atoms with E-state index in [-0.39, 0.29) is 6.04 Å². The second-order valence-corrected chi connectivity index (χ2v) is 7.97. The standard InChI is InChI=1S/C21H23N5.C2HF3O2/c1-15-10-11-25(14-18(15)23)21-24-19-4-2-3-5-20(19)26(21)13-17-8-6-16(12-22)7-9-17;3-2(4,5)1(6)7/h2-9,15,18H,10-11,13-14,23H2,1H3;(H,6,7)/t15-,18-;/m0./s1. The van der Waals surface area contributed by atoms with Gasteiger partial charge in [-0.2, -0.15) is 18.4 Å². The average Bonchev–Trinajstić information content (AvgIpc) is 3.14. The number of carbonyl (C=O) groups is 1. The number of nitrogens with zero attached hydrogens (tertiary/aromatic N) is 4. The molecule has 1 aliphatic heterocycles. The third-order valence-electron chi connectivity index (χ3n) is 5.60. The third-order valence-corrected chi connectivity index (χ3v) is 5.60. The number of halogens is 3. The Morgan fingerprint density at radius 3 is 2.45 bits per heavy atom. The van der Waals surface area contributed by atoms with Gasteiger partial charge in [-0.25, -0.2) is 9.78 Å². The predicted octanol–water partition coefficient (Wildman–Crippen LogP) is 3.76. The number of carboxylic acid groups (broad SMARTS) is 1. The first kappa shape index (κ1) is 24.1. The Morgan fingerprint density at radius 1 is 1.24 bits per heavy atom. The maximum atomic E-state index is 10.6. The Kier molecular flexibility index (Phi) is 7.23. The first-order valence-corrected chi connectivity index (χ1v) is 10.3. The predicted molar refractivity (Wildman–Crippen MR) is 118 cm³/mol. The highest BCUT2D eigenvalue weighted by Crippen LogP contribution is 2.27. The minimum atomic E-state index is -5.08. The van der Waals surface area contributed by atoms with Crippen LogP contribution >= 0.6 is 0 Å². The molecule has 3 aromatic rings. The fraction of sp³-hybridized carbons (Fsp3) is 0.348. The fourth-order valence-corrected chi connectivity index (χ4v) is 3.61. The molecule has 4 rings (SSSR count). The highest BCUT2D eigenvalue weighted by Gasteiger charge is 2.38. The van der Waals surface area contributed by atoms with Crippen LogP contribution in [-0.2, 0) is 11.3 Å². The number of para-hydroxylation sites is 2. The Hall–Kier alpha value is -3.58. The van der Waals surface area contributed by atoms with Gasteiger partial charge in [0.15, 0.2) is 0 Å². The number of fused-ring (bicyclic) bond motifs is 1. The van der Waals surface area contributed by atoms with Crippen LogP contribution in [0.2, 0.25) is 0 Å². The van der Waals surface area contributed by atoms with Gasteiger partial charge < -0.3 is 20.3 Å². The Bertz CT molecular complexity index is 1150. The molecule has 3 N–H and O–H groups in total. The van der Waals surface area contributed by atoms with Crippen molar-refractivity contribution in [2.75, 3.05) is 18.0 Å². The molecule has 2 aromatic carbocycles. The zero-order valence-corrected chi connectivity index (χ0v) is 18.0. The quantitative estimate of drug-likeness (QED) is 0.617. The number of carboxylic acids is 1. The molecular formula is C23H24F3N5O2. The van der Waals surface area contributed by atoms with E-state index >= 15 is 0 Å². The molecule has 10 heteroatoms. The van der Waals surface area contributed by atoms with Gasteiger partial charge in [0.1, 0.15) is 0 Å². The number of nitriles is 1. The summed E-state index contributed by atoms with van der Waals surface area (Å²) >= 11 is 0. The number of imidazole rings is 1. The van der Waals surface area contributed by atoms with Gasteiger partial charge in [-0.1, -0.05) is 31.2 Å². The van der Waals surface area contributed by atoms with E-state index in [2.05, 4.69) is 34.6 Å². The Labute approximate surface area is 188 Å². The highest BCUT2D eigenvalue weighted by molar-refractivity contribution is 5.79. The summed E-state index contributed by atoms with van der Waals surface area (Å²) in [5.74, 6) is -1.23. The van der Waals surface area contributed by atoms with E-state index in [1.807, 2.05) is 36.4 Å². The maximum absolute atomic E-state index is 10.6. The molecule has 2 heterocycles. The summed E-state index contributed by atoms with van der Waals surface area (Å²) in [6.45, 7) is 4.76. The number of rotatable bonds is 3. The van der Waals surface area contributed by atoms with Crippen LogP contribution in [0.1, 0.15) is 24.5 Å². The van der Waals surface area contributed by atoms with Crippen LogP contribution in [0, 0.1) is 17.2 Å². The molecule has 2 atom stereocenters. The molecular weight excluding hydrogens is 435 g/mol. The van der Waals surface area contributed by atoms with Crippen molar-refractivity contribution in [2.45, 2.75) is 32.1 Å². The summed E-state index contributed by atoms with van der Waals surface area (Å²) in [5.41, 5.74) is 10.3. The molecule has 0 spiro atoms. The summed E-state index contributed by atoms with van der Waals surface area (Å²) in [6, 6.07) is 18.4. The lowest BCUT2D eigenvalue weighted by atomic mass is 9.94. The van der Waals surface area contributed by atoms with E-state index in [9.17, 15) is 13.2 Å². The molecule has 0 radical (unpaired) electrons. The lowest BCUT2D eigenvalue weighted by Gasteiger charge is -2.36. The van der Waals surface area contributed by atoms with E-state index in [1.54, 1.807) is 0 Å². The largest absolute Gasteiger partial charge is 0.490 e. The normalized spacial score (nSPS) is 18.4. The Balaban J connectivity index is 0.000000383. The molecule has 0 saturated carbocycles. The molecule has 1 saturated heterocycles. The van der Waals surface area contributed by atoms with Gasteiger partial charge in [-0.15, -0.1) is 0 Å². The first-order chi connectivity index (χ1) is 15.6. The zero-order chi connectivity index (χ0) is 24.2. The van der Waals surface area contributed by atoms with Crippen LogP contribution in [0.5, 0.6) is 0 Å². The second-order valence-electron chi connectivity index (χ2n) is 7.97. The van der Waals surface area contributed by atoms with Gasteiger partial charge in [0.05, 0.1) is 29.2 Å². The minimum absolute atomic E-state index is 0.173. The average molecular weight is 459 g/mol. The summed E-state index contributed by atoms with van der Waals surface area (Å²) in [7, 11) is 0. The molecule has 0 aliphatic carbocycles. The topological polar surface area (TPSA) is 108 Å². The molecule has 1 fully saturated rings. The molecule has 1 aromatic heterocycles. The van der Waals surface area contributed by atoms with E-state index < -0.39 is 12.1 Å². The third kappa shape index (κ3) is 5.81. The smallest absolute Gasteiger partial charge is 0.475 e. The number of hydrogen-bond donors (Lipinski definition) is 2. The Morgan fingerprint density at radius 2 is 1.88 bits per heavy atom. The van der Waals surface area contributed by atoms with Crippen molar-refractivity contribution in [3.63, 3.8) is 0 Å². The van der Waals surface area contributed by atoms with Crippen molar-refractivity contribution in [3.05, 3.63) is 59.7 Å². The number of benzene rings is 2. The van der Waals surface area contributed by atoms with Gasteiger partial charge in [-0.05, 0) is 42.2 Å². The second kappa shape index (κ2) is 9.92. The van der Waals surface area contributed by atoms with Crippen molar-refractivity contribution in [1.29, 1.82) is 5.26 Å². The van der Waals surface area contributed by atoms with Crippen LogP contribution < -0.4 is 10.6 Å². The first-order valence-electron chi connectivity index (χ1n) is 10.3. The van der Waals surface area contributed by atoms with Gasteiger partial charge in [-0.3, -0.25) is 0 Å². The number of nitrogens with two attached hydrogens (primary N) is 1. The number of aliphatic carboxylic acids is 1. The number of piperidine rings is 1. The summed E-state index contributed by atoms with van der Waals surface area (Å²) < 4.78 is 34.0. The van der Waals surface area contributed by atoms with Crippen LogP contribution in [0.25, 0.3) is 11.0 Å². The summed E-state index contributed by atoms with van der Waals surface area (Å²) in [5, 5.41) is 16.1. The molecule has 0 bridgehead atoms. The minimum Gasteiger partial charge on any atom is -0.475 e. The van der Waals surface area contributed by atoms with E-state index in [4.69, 9.17) is 25.9 Å².